The summed E-state index contributed by atoms with van der Waals surface area (Å²) in [6.07, 6.45) is 6.12. The molecule has 0 aromatic carbocycles. The second kappa shape index (κ2) is 6.79. The molecule has 0 atom stereocenters. The minimum atomic E-state index is -0.751. The second-order valence-electron chi connectivity index (χ2n) is 4.78. The van der Waals surface area contributed by atoms with Crippen molar-refractivity contribution in [1.82, 2.24) is 20.0 Å². The monoisotopic (exact) mass is 274 g/mol. The second-order valence-corrected chi connectivity index (χ2v) is 4.78. The van der Waals surface area contributed by atoms with Crippen LogP contribution < -0.4 is 0 Å². The maximum atomic E-state index is 10.4. The van der Waals surface area contributed by atoms with Crippen molar-refractivity contribution in [3.63, 3.8) is 0 Å². The van der Waals surface area contributed by atoms with Crippen molar-refractivity contribution in [2.75, 3.05) is 0 Å². The highest BCUT2D eigenvalue weighted by Gasteiger charge is 2.05. The molecule has 2 rings (SSSR count). The predicted octanol–water partition coefficient (Wildman–Crippen LogP) is 1.83. The maximum Gasteiger partial charge on any atom is 0.303 e. The summed E-state index contributed by atoms with van der Waals surface area (Å²) in [5.74, 6) is -0.751. The zero-order chi connectivity index (χ0) is 14.4. The van der Waals surface area contributed by atoms with Crippen molar-refractivity contribution in [2.45, 2.75) is 39.2 Å². The van der Waals surface area contributed by atoms with E-state index in [1.807, 2.05) is 25.3 Å². The van der Waals surface area contributed by atoms with Crippen molar-refractivity contribution in [3.05, 3.63) is 41.5 Å². The summed E-state index contributed by atoms with van der Waals surface area (Å²) in [7, 11) is 0. The Labute approximate surface area is 117 Å². The molecule has 0 saturated heterocycles. The van der Waals surface area contributed by atoms with E-state index in [-0.39, 0.29) is 6.42 Å². The zero-order valence-corrected chi connectivity index (χ0v) is 11.5. The van der Waals surface area contributed by atoms with Crippen molar-refractivity contribution in [2.24, 2.45) is 0 Å². The molecule has 0 radical (unpaired) electrons. The predicted molar refractivity (Wildman–Crippen MR) is 73.3 cm³/mol. The number of hydrogen-bond acceptors (Lipinski definition) is 4. The van der Waals surface area contributed by atoms with E-state index >= 15 is 0 Å². The quantitative estimate of drug-likeness (QED) is 0.779. The Morgan fingerprint density at radius 1 is 1.40 bits per heavy atom. The summed E-state index contributed by atoms with van der Waals surface area (Å²) < 4.78 is 1.77. The highest BCUT2D eigenvalue weighted by atomic mass is 16.4. The van der Waals surface area contributed by atoms with Gasteiger partial charge in [0, 0.05) is 18.8 Å². The number of pyridine rings is 1. The largest absolute Gasteiger partial charge is 0.481 e. The van der Waals surface area contributed by atoms with Gasteiger partial charge in [-0.3, -0.25) is 9.78 Å². The molecule has 6 heteroatoms. The van der Waals surface area contributed by atoms with E-state index in [0.717, 1.165) is 29.8 Å². The fourth-order valence-corrected chi connectivity index (χ4v) is 1.95. The van der Waals surface area contributed by atoms with Crippen LogP contribution in [0.4, 0.5) is 0 Å². The van der Waals surface area contributed by atoms with Crippen molar-refractivity contribution >= 4 is 5.97 Å². The van der Waals surface area contributed by atoms with E-state index in [1.165, 1.54) is 0 Å². The molecule has 2 aromatic rings. The molecule has 0 aliphatic heterocycles. The number of aliphatic carboxylic acids is 1. The molecular weight excluding hydrogens is 256 g/mol. The molecule has 0 bridgehead atoms. The highest BCUT2D eigenvalue weighted by molar-refractivity contribution is 5.66. The average molecular weight is 274 g/mol. The van der Waals surface area contributed by atoms with E-state index in [4.69, 9.17) is 5.11 Å². The van der Waals surface area contributed by atoms with Crippen LogP contribution in [0.5, 0.6) is 0 Å². The lowest BCUT2D eigenvalue weighted by atomic mass is 10.1. The van der Waals surface area contributed by atoms with Crippen LogP contribution in [0.1, 0.15) is 36.2 Å². The van der Waals surface area contributed by atoms with Gasteiger partial charge < -0.3 is 5.11 Å². The van der Waals surface area contributed by atoms with E-state index in [2.05, 4.69) is 15.3 Å². The van der Waals surface area contributed by atoms with Gasteiger partial charge in [-0.25, -0.2) is 4.68 Å². The summed E-state index contributed by atoms with van der Waals surface area (Å²) in [5.41, 5.74) is 3.00. The summed E-state index contributed by atoms with van der Waals surface area (Å²) in [4.78, 5) is 14.7. The van der Waals surface area contributed by atoms with Gasteiger partial charge in [0.25, 0.3) is 0 Å². The lowest BCUT2D eigenvalue weighted by Gasteiger charge is -2.02. The molecule has 2 aromatic heterocycles. The molecule has 0 unspecified atom stereocenters. The van der Waals surface area contributed by atoms with Crippen LogP contribution in [-0.2, 0) is 17.8 Å². The number of nitrogens with zero attached hydrogens (tertiary/aromatic N) is 4. The van der Waals surface area contributed by atoms with Gasteiger partial charge in [0.15, 0.2) is 0 Å². The smallest absolute Gasteiger partial charge is 0.303 e. The van der Waals surface area contributed by atoms with Crippen molar-refractivity contribution in [3.8, 4) is 0 Å². The van der Waals surface area contributed by atoms with Crippen LogP contribution in [0.15, 0.2) is 24.5 Å². The fraction of sp³-hybridized carbons (Fsp3) is 0.429. The lowest BCUT2D eigenvalue weighted by Crippen LogP contribution is -2.04. The van der Waals surface area contributed by atoms with Crippen molar-refractivity contribution in [1.29, 1.82) is 0 Å². The van der Waals surface area contributed by atoms with Gasteiger partial charge >= 0.3 is 5.97 Å². The van der Waals surface area contributed by atoms with Crippen LogP contribution in [0, 0.1) is 6.92 Å². The SMILES string of the molecule is Cc1cccnc1Cn1cc(CCCCC(=O)O)nn1. The molecule has 20 heavy (non-hydrogen) atoms. The lowest BCUT2D eigenvalue weighted by molar-refractivity contribution is -0.137. The number of carbonyl (C=O) groups is 1. The van der Waals surface area contributed by atoms with Gasteiger partial charge in [-0.15, -0.1) is 5.10 Å². The van der Waals surface area contributed by atoms with Gasteiger partial charge in [0.2, 0.25) is 0 Å². The summed E-state index contributed by atoms with van der Waals surface area (Å²) in [6, 6.07) is 3.93. The molecular formula is C14H18N4O2. The van der Waals surface area contributed by atoms with Crippen LogP contribution in [0.3, 0.4) is 0 Å². The number of unbranched alkanes of at least 4 members (excludes halogenated alkanes) is 1. The van der Waals surface area contributed by atoms with Gasteiger partial charge in [0.1, 0.15) is 0 Å². The number of carboxylic acid groups (broad SMARTS) is 1. The Morgan fingerprint density at radius 2 is 2.25 bits per heavy atom. The average Bonchev–Trinajstić information content (AvgIpc) is 2.85. The summed E-state index contributed by atoms with van der Waals surface area (Å²) >= 11 is 0. The minimum Gasteiger partial charge on any atom is -0.481 e. The fourth-order valence-electron chi connectivity index (χ4n) is 1.95. The molecule has 2 heterocycles. The molecule has 0 aliphatic rings. The first kappa shape index (κ1) is 14.2. The first-order valence-corrected chi connectivity index (χ1v) is 6.66. The third-order valence-corrected chi connectivity index (χ3v) is 3.09. The van der Waals surface area contributed by atoms with E-state index in [1.54, 1.807) is 10.9 Å². The van der Waals surface area contributed by atoms with E-state index in [9.17, 15) is 4.79 Å². The Bertz CT molecular complexity index is 580. The van der Waals surface area contributed by atoms with Crippen molar-refractivity contribution < 1.29 is 9.90 Å². The Balaban J connectivity index is 1.86. The van der Waals surface area contributed by atoms with Crippen LogP contribution in [-0.4, -0.2) is 31.1 Å². The molecule has 6 nitrogen and oxygen atoms in total. The topological polar surface area (TPSA) is 80.9 Å². The number of rotatable bonds is 7. The Kier molecular flexibility index (Phi) is 4.81. The van der Waals surface area contributed by atoms with Crippen LogP contribution in [0.2, 0.25) is 0 Å². The van der Waals surface area contributed by atoms with Crippen LogP contribution in [0.25, 0.3) is 0 Å². The number of hydrogen-bond donors (Lipinski definition) is 1. The Hall–Kier alpha value is -2.24. The number of carboxylic acids is 1. The molecule has 0 amide bonds. The first-order valence-electron chi connectivity index (χ1n) is 6.66. The summed E-state index contributed by atoms with van der Waals surface area (Å²) in [5, 5.41) is 16.7. The molecule has 1 N–H and O–H groups in total. The van der Waals surface area contributed by atoms with Gasteiger partial charge in [0.05, 0.1) is 17.9 Å². The molecule has 0 saturated carbocycles. The van der Waals surface area contributed by atoms with Crippen LogP contribution >= 0.6 is 0 Å². The third kappa shape index (κ3) is 4.15. The maximum absolute atomic E-state index is 10.4. The molecule has 106 valence electrons. The van der Waals surface area contributed by atoms with Gasteiger partial charge in [-0.1, -0.05) is 11.3 Å². The molecule has 0 spiro atoms. The van der Waals surface area contributed by atoms with E-state index < -0.39 is 5.97 Å². The standard InChI is InChI=1S/C14H18N4O2/c1-11-5-4-8-15-13(11)10-18-9-12(16-17-18)6-2-3-7-14(19)20/h4-5,8-9H,2-3,6-7,10H2,1H3,(H,19,20). The Morgan fingerprint density at radius 3 is 3.00 bits per heavy atom. The van der Waals surface area contributed by atoms with E-state index in [0.29, 0.717) is 13.0 Å². The van der Waals surface area contributed by atoms with Gasteiger partial charge in [-0.2, -0.15) is 0 Å². The number of aryl methyl sites for hydroxylation is 2. The summed E-state index contributed by atoms with van der Waals surface area (Å²) in [6.45, 7) is 2.63. The first-order chi connectivity index (χ1) is 9.65. The van der Waals surface area contributed by atoms with Gasteiger partial charge in [-0.05, 0) is 37.8 Å². The molecule has 0 fully saturated rings. The number of aromatic nitrogens is 4. The molecule has 0 aliphatic carbocycles. The highest BCUT2D eigenvalue weighted by Crippen LogP contribution is 2.07. The third-order valence-electron chi connectivity index (χ3n) is 3.09. The normalized spacial score (nSPS) is 10.7. The zero-order valence-electron chi connectivity index (χ0n) is 11.5. The minimum absolute atomic E-state index is 0.210.